The smallest absolute Gasteiger partial charge is 0.419 e. The van der Waals surface area contributed by atoms with Crippen LogP contribution in [0.2, 0.25) is 5.15 Å². The number of nitrogens with zero attached hydrogens (tertiary/aromatic N) is 5. The lowest BCUT2D eigenvalue weighted by Crippen LogP contribution is -2.38. The number of hydrazone groups is 1. The van der Waals surface area contributed by atoms with Crippen LogP contribution in [0, 0.1) is 10.1 Å². The summed E-state index contributed by atoms with van der Waals surface area (Å²) < 4.78 is 9.25. The molecule has 2 heterocycles. The Kier molecular flexibility index (Phi) is 6.06. The first-order valence-corrected chi connectivity index (χ1v) is 7.40. The Morgan fingerprint density at radius 1 is 1.40 bits per heavy atom. The van der Waals surface area contributed by atoms with Gasteiger partial charge < -0.3 is 14.4 Å². The Balaban J connectivity index is 2.08. The van der Waals surface area contributed by atoms with Gasteiger partial charge in [0.2, 0.25) is 6.79 Å². The number of guanidine groups is 1. The zero-order valence-electron chi connectivity index (χ0n) is 13.1. The number of ether oxygens (including phenoxy) is 2. The molecule has 11 nitrogen and oxygen atoms in total. The van der Waals surface area contributed by atoms with Crippen molar-refractivity contribution >= 4 is 29.6 Å². The monoisotopic (exact) mass is 371 g/mol. The van der Waals surface area contributed by atoms with Crippen LogP contribution >= 0.6 is 11.6 Å². The van der Waals surface area contributed by atoms with E-state index in [-0.39, 0.29) is 19.0 Å². The predicted molar refractivity (Wildman–Crippen MR) is 83.9 cm³/mol. The number of aromatic nitrogens is 1. The quantitative estimate of drug-likeness (QED) is 0.247. The highest BCUT2D eigenvalue weighted by Gasteiger charge is 2.35. The van der Waals surface area contributed by atoms with E-state index in [0.717, 1.165) is 17.4 Å². The maximum absolute atomic E-state index is 12.0. The van der Waals surface area contributed by atoms with Gasteiger partial charge in [-0.05, 0) is 11.6 Å². The van der Waals surface area contributed by atoms with Crippen LogP contribution in [-0.4, -0.2) is 57.7 Å². The first-order valence-electron chi connectivity index (χ1n) is 7.03. The maximum atomic E-state index is 12.0. The van der Waals surface area contributed by atoms with Crippen LogP contribution in [0.5, 0.6) is 0 Å². The van der Waals surface area contributed by atoms with Crippen LogP contribution in [0.25, 0.3) is 0 Å². The average molecular weight is 372 g/mol. The van der Waals surface area contributed by atoms with E-state index >= 15 is 0 Å². The summed E-state index contributed by atoms with van der Waals surface area (Å²) in [5.74, 6) is -0.793. The second-order valence-corrected chi connectivity index (χ2v) is 5.25. The van der Waals surface area contributed by atoms with Gasteiger partial charge in [0, 0.05) is 26.2 Å². The Labute approximate surface area is 146 Å². The molecule has 1 saturated heterocycles. The average Bonchev–Trinajstić information content (AvgIpc) is 2.91. The molecule has 0 aliphatic carbocycles. The Bertz CT molecular complexity index is 695. The molecule has 12 heteroatoms. The summed E-state index contributed by atoms with van der Waals surface area (Å²) in [6.45, 7) is 1.25. The number of nitro groups is 1. The number of rotatable bonds is 5. The van der Waals surface area contributed by atoms with E-state index in [1.54, 1.807) is 12.1 Å². The van der Waals surface area contributed by atoms with E-state index in [2.05, 4.69) is 14.8 Å². The summed E-state index contributed by atoms with van der Waals surface area (Å²) >= 11 is 5.72. The first-order chi connectivity index (χ1) is 11.9. The minimum atomic E-state index is -0.904. The Morgan fingerprint density at radius 3 is 2.76 bits per heavy atom. The van der Waals surface area contributed by atoms with Crippen LogP contribution < -0.4 is 0 Å². The van der Waals surface area contributed by atoms with Gasteiger partial charge in [-0.15, -0.1) is 0 Å². The minimum Gasteiger partial charge on any atom is -0.428 e. The predicted octanol–water partition coefficient (Wildman–Crippen LogP) is 1.06. The van der Waals surface area contributed by atoms with E-state index in [4.69, 9.17) is 16.3 Å². The number of esters is 1. The summed E-state index contributed by atoms with van der Waals surface area (Å²) in [7, 11) is 0. The third-order valence-corrected chi connectivity index (χ3v) is 3.34. The molecule has 25 heavy (non-hydrogen) atoms. The van der Waals surface area contributed by atoms with E-state index in [1.807, 2.05) is 0 Å². The highest BCUT2D eigenvalue weighted by Crippen LogP contribution is 2.16. The standard InChI is InChI=1S/C13H14ClN5O6/c1-9(20)24-8-25-13(21)18-5-4-17(12(18)16-19(22)23)7-10-2-3-11(14)15-6-10/h2-3,6H,4-5,7-8H2,1H3/b16-12-. The SMILES string of the molecule is CC(=O)OCOC(=O)N1CCN(Cc2ccc(Cl)nc2)/C1=N/[N+](=O)[O-]. The zero-order valence-corrected chi connectivity index (χ0v) is 13.9. The molecule has 0 bridgehead atoms. The topological polar surface area (TPSA) is 127 Å². The molecule has 2 rings (SSSR count). The van der Waals surface area contributed by atoms with Gasteiger partial charge in [0.05, 0.1) is 6.54 Å². The van der Waals surface area contributed by atoms with Gasteiger partial charge in [-0.25, -0.2) is 24.8 Å². The summed E-state index contributed by atoms with van der Waals surface area (Å²) in [6, 6.07) is 3.29. The molecule has 0 atom stereocenters. The lowest BCUT2D eigenvalue weighted by atomic mass is 10.3. The Morgan fingerprint density at radius 2 is 2.16 bits per heavy atom. The van der Waals surface area contributed by atoms with Gasteiger partial charge in [-0.2, -0.15) is 0 Å². The summed E-state index contributed by atoms with van der Waals surface area (Å²) in [6.07, 6.45) is 0.618. The van der Waals surface area contributed by atoms with Gasteiger partial charge in [0.15, 0.2) is 5.03 Å². The molecule has 1 aliphatic heterocycles. The van der Waals surface area contributed by atoms with Crippen LogP contribution in [-0.2, 0) is 20.8 Å². The van der Waals surface area contributed by atoms with E-state index in [0.29, 0.717) is 11.7 Å². The molecule has 1 aromatic rings. The number of pyridine rings is 1. The summed E-state index contributed by atoms with van der Waals surface area (Å²) in [5.41, 5.74) is 0.732. The van der Waals surface area contributed by atoms with Crippen molar-refractivity contribution in [3.05, 3.63) is 39.2 Å². The number of carbonyl (C=O) groups is 2. The van der Waals surface area contributed by atoms with E-state index in [1.165, 1.54) is 11.1 Å². The molecule has 1 fully saturated rings. The molecule has 1 aromatic heterocycles. The molecule has 134 valence electrons. The van der Waals surface area contributed by atoms with Crippen LogP contribution in [0.4, 0.5) is 4.79 Å². The van der Waals surface area contributed by atoms with Crippen molar-refractivity contribution in [2.45, 2.75) is 13.5 Å². The van der Waals surface area contributed by atoms with Crippen molar-refractivity contribution in [1.29, 1.82) is 0 Å². The molecular weight excluding hydrogens is 358 g/mol. The van der Waals surface area contributed by atoms with Crippen LogP contribution in [0.3, 0.4) is 0 Å². The molecule has 0 aromatic carbocycles. The van der Waals surface area contributed by atoms with Crippen molar-refractivity contribution in [3.8, 4) is 0 Å². The van der Waals surface area contributed by atoms with Crippen molar-refractivity contribution in [3.63, 3.8) is 0 Å². The van der Waals surface area contributed by atoms with Gasteiger partial charge in [-0.3, -0.25) is 4.79 Å². The first kappa shape index (κ1) is 18.4. The number of halogens is 1. The largest absolute Gasteiger partial charge is 0.428 e. The second-order valence-electron chi connectivity index (χ2n) is 4.86. The lowest BCUT2D eigenvalue weighted by Gasteiger charge is -2.19. The van der Waals surface area contributed by atoms with Crippen molar-refractivity contribution in [1.82, 2.24) is 14.8 Å². The zero-order chi connectivity index (χ0) is 18.4. The summed E-state index contributed by atoms with van der Waals surface area (Å²) in [5, 5.41) is 13.5. The highest BCUT2D eigenvalue weighted by atomic mass is 35.5. The lowest BCUT2D eigenvalue weighted by molar-refractivity contribution is -0.486. The summed E-state index contributed by atoms with van der Waals surface area (Å²) in [4.78, 5) is 39.9. The van der Waals surface area contributed by atoms with Gasteiger partial charge in [0.25, 0.3) is 5.96 Å². The second kappa shape index (κ2) is 8.24. The number of amides is 1. The van der Waals surface area contributed by atoms with Gasteiger partial charge >= 0.3 is 12.1 Å². The number of hydrogen-bond donors (Lipinski definition) is 0. The molecule has 1 amide bonds. The molecule has 0 radical (unpaired) electrons. The van der Waals surface area contributed by atoms with Crippen LogP contribution in [0.15, 0.2) is 23.4 Å². The van der Waals surface area contributed by atoms with Gasteiger partial charge in [0.1, 0.15) is 10.3 Å². The molecule has 0 N–H and O–H groups in total. The molecule has 0 spiro atoms. The molecule has 0 saturated carbocycles. The fraction of sp³-hybridized carbons (Fsp3) is 0.385. The van der Waals surface area contributed by atoms with E-state index in [9.17, 15) is 19.7 Å². The Hall–Kier alpha value is -2.95. The number of hydrogen-bond acceptors (Lipinski definition) is 7. The molecular formula is C13H14ClN5O6. The minimum absolute atomic E-state index is 0.132. The van der Waals surface area contributed by atoms with E-state index < -0.39 is 23.9 Å². The highest BCUT2D eigenvalue weighted by molar-refractivity contribution is 6.29. The number of carbonyl (C=O) groups excluding carboxylic acids is 2. The maximum Gasteiger partial charge on any atom is 0.419 e. The van der Waals surface area contributed by atoms with Gasteiger partial charge in [-0.1, -0.05) is 17.7 Å². The van der Waals surface area contributed by atoms with Crippen molar-refractivity contribution in [2.75, 3.05) is 19.9 Å². The van der Waals surface area contributed by atoms with Crippen molar-refractivity contribution in [2.24, 2.45) is 5.10 Å². The molecule has 1 aliphatic rings. The normalized spacial score (nSPS) is 15.4. The fourth-order valence-electron chi connectivity index (χ4n) is 2.07. The van der Waals surface area contributed by atoms with Crippen LogP contribution in [0.1, 0.15) is 12.5 Å². The third kappa shape index (κ3) is 5.28. The fourth-order valence-corrected chi connectivity index (χ4v) is 2.18. The third-order valence-electron chi connectivity index (χ3n) is 3.12. The molecule has 0 unspecified atom stereocenters. The van der Waals surface area contributed by atoms with Crippen molar-refractivity contribution < 1.29 is 24.1 Å².